The highest BCUT2D eigenvalue weighted by molar-refractivity contribution is 9.10. The zero-order valence-corrected chi connectivity index (χ0v) is 9.67. The summed E-state index contributed by atoms with van der Waals surface area (Å²) in [7, 11) is 0. The highest BCUT2D eigenvalue weighted by Gasteiger charge is 2.38. The van der Waals surface area contributed by atoms with Crippen molar-refractivity contribution in [1.82, 2.24) is 0 Å². The number of carbonyl (C=O) groups is 1. The lowest BCUT2D eigenvalue weighted by atomic mass is 10.3. The second-order valence-corrected chi connectivity index (χ2v) is 3.91. The summed E-state index contributed by atoms with van der Waals surface area (Å²) in [4.78, 5) is 10.5. The predicted octanol–water partition coefficient (Wildman–Crippen LogP) is 3.74. The Bertz CT molecular complexity index is 412. The van der Waals surface area contributed by atoms with Crippen molar-refractivity contribution in [3.05, 3.63) is 27.4 Å². The van der Waals surface area contributed by atoms with E-state index in [1.807, 2.05) is 0 Å². The van der Waals surface area contributed by atoms with Gasteiger partial charge in [-0.05, 0) is 28.1 Å². The molecule has 1 aromatic rings. The maximum absolute atomic E-state index is 13.0. The number of benzene rings is 1. The van der Waals surface area contributed by atoms with Crippen molar-refractivity contribution in [1.29, 1.82) is 0 Å². The summed E-state index contributed by atoms with van der Waals surface area (Å²) in [6, 6.07) is 1.72. The van der Waals surface area contributed by atoms with Gasteiger partial charge in [0.15, 0.2) is 0 Å². The van der Waals surface area contributed by atoms with Gasteiger partial charge in [-0.3, -0.25) is 4.79 Å². The number of amides is 1. The van der Waals surface area contributed by atoms with Gasteiger partial charge in [0.05, 0.1) is 9.50 Å². The van der Waals surface area contributed by atoms with Gasteiger partial charge in [-0.2, -0.15) is 13.2 Å². The van der Waals surface area contributed by atoms with Crippen LogP contribution in [0.4, 0.5) is 23.2 Å². The van der Waals surface area contributed by atoms with Crippen molar-refractivity contribution in [3.63, 3.8) is 0 Å². The average molecular weight is 320 g/mol. The van der Waals surface area contributed by atoms with E-state index in [1.165, 1.54) is 5.32 Å². The molecule has 1 N–H and O–H groups in total. The molecule has 0 spiro atoms. The highest BCUT2D eigenvalue weighted by Crippen LogP contribution is 2.29. The smallest absolute Gasteiger partial charge is 0.318 e. The molecule has 0 saturated carbocycles. The van der Waals surface area contributed by atoms with Gasteiger partial charge in [-0.25, -0.2) is 4.39 Å². The van der Waals surface area contributed by atoms with Crippen molar-refractivity contribution in [2.75, 3.05) is 5.32 Å². The van der Waals surface area contributed by atoms with E-state index in [0.717, 1.165) is 12.1 Å². The lowest BCUT2D eigenvalue weighted by molar-refractivity contribution is -0.167. The molecule has 0 fully saturated rings. The number of rotatable bonds is 1. The third-order valence-corrected chi connectivity index (χ3v) is 2.83. The van der Waals surface area contributed by atoms with Crippen LogP contribution in [0.3, 0.4) is 0 Å². The van der Waals surface area contributed by atoms with Gasteiger partial charge in [-0.1, -0.05) is 11.6 Å². The van der Waals surface area contributed by atoms with Crippen LogP contribution in [0.25, 0.3) is 0 Å². The largest absolute Gasteiger partial charge is 0.471 e. The zero-order chi connectivity index (χ0) is 12.5. The molecule has 88 valence electrons. The van der Waals surface area contributed by atoms with Crippen LogP contribution in [0.2, 0.25) is 5.02 Å². The van der Waals surface area contributed by atoms with E-state index in [-0.39, 0.29) is 15.2 Å². The van der Waals surface area contributed by atoms with E-state index < -0.39 is 17.9 Å². The Morgan fingerprint density at radius 1 is 1.38 bits per heavy atom. The Labute approximate surface area is 101 Å². The van der Waals surface area contributed by atoms with Gasteiger partial charge >= 0.3 is 12.1 Å². The van der Waals surface area contributed by atoms with E-state index in [1.54, 1.807) is 0 Å². The van der Waals surface area contributed by atoms with Crippen molar-refractivity contribution in [3.8, 4) is 0 Å². The fraction of sp³-hybridized carbons (Fsp3) is 0.125. The van der Waals surface area contributed by atoms with Gasteiger partial charge in [0.25, 0.3) is 0 Å². The summed E-state index contributed by atoms with van der Waals surface area (Å²) in [5.41, 5.74) is -0.368. The Morgan fingerprint density at radius 2 is 1.94 bits per heavy atom. The standard InChI is InChI=1S/C8H3BrClF4NO/c9-6-4(10)1-3(2-5(6)11)15-7(16)8(12,13)14/h1-2H,(H,15,16). The van der Waals surface area contributed by atoms with Crippen molar-refractivity contribution in [2.24, 2.45) is 0 Å². The number of hydrogen-bond donors (Lipinski definition) is 1. The third kappa shape index (κ3) is 3.08. The molecule has 0 bridgehead atoms. The Balaban J connectivity index is 2.96. The minimum absolute atomic E-state index is 0.0841. The summed E-state index contributed by atoms with van der Waals surface area (Å²) in [5, 5.41) is 1.34. The number of nitrogens with one attached hydrogen (secondary N) is 1. The maximum atomic E-state index is 13.0. The summed E-state index contributed by atoms with van der Waals surface area (Å²) >= 11 is 8.27. The summed E-state index contributed by atoms with van der Waals surface area (Å²) in [5.74, 6) is -3.06. The molecule has 1 aromatic carbocycles. The minimum Gasteiger partial charge on any atom is -0.318 e. The van der Waals surface area contributed by atoms with Crippen LogP contribution in [0.1, 0.15) is 0 Å². The number of alkyl halides is 3. The Kier molecular flexibility index (Phi) is 3.80. The monoisotopic (exact) mass is 319 g/mol. The van der Waals surface area contributed by atoms with E-state index in [0.29, 0.717) is 0 Å². The van der Waals surface area contributed by atoms with Gasteiger partial charge in [0.2, 0.25) is 0 Å². The molecule has 16 heavy (non-hydrogen) atoms. The topological polar surface area (TPSA) is 29.1 Å². The van der Waals surface area contributed by atoms with Crippen molar-refractivity contribution < 1.29 is 22.4 Å². The van der Waals surface area contributed by atoms with E-state index >= 15 is 0 Å². The van der Waals surface area contributed by atoms with Gasteiger partial charge in [-0.15, -0.1) is 0 Å². The van der Waals surface area contributed by atoms with Gasteiger partial charge in [0.1, 0.15) is 5.82 Å². The fourth-order valence-electron chi connectivity index (χ4n) is 0.830. The third-order valence-electron chi connectivity index (χ3n) is 1.50. The van der Waals surface area contributed by atoms with Gasteiger partial charge in [0, 0.05) is 5.69 Å². The van der Waals surface area contributed by atoms with Crippen LogP contribution in [0.5, 0.6) is 0 Å². The zero-order valence-electron chi connectivity index (χ0n) is 7.33. The number of carbonyl (C=O) groups excluding carboxylic acids is 1. The SMILES string of the molecule is O=C(Nc1cc(F)c(Br)c(Cl)c1)C(F)(F)F. The average Bonchev–Trinajstić information content (AvgIpc) is 2.12. The highest BCUT2D eigenvalue weighted by atomic mass is 79.9. The first-order chi connectivity index (χ1) is 7.21. The van der Waals surface area contributed by atoms with Crippen molar-refractivity contribution >= 4 is 39.1 Å². The van der Waals surface area contributed by atoms with Crippen LogP contribution < -0.4 is 5.32 Å². The van der Waals surface area contributed by atoms with E-state index in [4.69, 9.17) is 11.6 Å². The second kappa shape index (κ2) is 4.58. The maximum Gasteiger partial charge on any atom is 0.471 e. The normalized spacial score (nSPS) is 11.4. The summed E-state index contributed by atoms with van der Waals surface area (Å²) in [6.45, 7) is 0. The quantitative estimate of drug-likeness (QED) is 0.620. The molecule has 0 unspecified atom stereocenters. The summed E-state index contributed by atoms with van der Waals surface area (Å²) in [6.07, 6.45) is -5.03. The lowest BCUT2D eigenvalue weighted by Gasteiger charge is -2.09. The molecule has 0 aliphatic rings. The molecule has 0 heterocycles. The molecule has 0 saturated heterocycles. The molecule has 1 amide bonds. The molecule has 0 aliphatic carbocycles. The molecule has 0 radical (unpaired) electrons. The summed E-state index contributed by atoms with van der Waals surface area (Å²) < 4.78 is 48.5. The molecule has 8 heteroatoms. The molecular weight excluding hydrogens is 317 g/mol. The van der Waals surface area contributed by atoms with Crippen LogP contribution in [-0.2, 0) is 4.79 Å². The van der Waals surface area contributed by atoms with E-state index in [2.05, 4.69) is 15.9 Å². The van der Waals surface area contributed by atoms with Crippen LogP contribution in [-0.4, -0.2) is 12.1 Å². The molecule has 1 rings (SSSR count). The van der Waals surface area contributed by atoms with Gasteiger partial charge < -0.3 is 5.32 Å². The number of hydrogen-bond acceptors (Lipinski definition) is 1. The van der Waals surface area contributed by atoms with Crippen LogP contribution in [0.15, 0.2) is 16.6 Å². The second-order valence-electron chi connectivity index (χ2n) is 2.71. The Hall–Kier alpha value is -0.820. The van der Waals surface area contributed by atoms with Crippen molar-refractivity contribution in [2.45, 2.75) is 6.18 Å². The van der Waals surface area contributed by atoms with E-state index in [9.17, 15) is 22.4 Å². The first-order valence-electron chi connectivity index (χ1n) is 3.74. The molecule has 0 aliphatic heterocycles. The number of anilines is 1. The molecule has 0 atom stereocenters. The number of halogens is 6. The lowest BCUT2D eigenvalue weighted by Crippen LogP contribution is -2.29. The predicted molar refractivity (Wildman–Crippen MR) is 53.8 cm³/mol. The first kappa shape index (κ1) is 13.2. The first-order valence-corrected chi connectivity index (χ1v) is 4.91. The molecular formula is C8H3BrClF4NO. The molecule has 2 nitrogen and oxygen atoms in total. The molecule has 0 aromatic heterocycles. The van der Waals surface area contributed by atoms with Crippen LogP contribution in [0, 0.1) is 5.82 Å². The van der Waals surface area contributed by atoms with Crippen LogP contribution >= 0.6 is 27.5 Å². The Morgan fingerprint density at radius 3 is 2.38 bits per heavy atom. The minimum atomic E-state index is -5.03. The fourth-order valence-corrected chi connectivity index (χ4v) is 1.27.